The standard InChI is InChI=1S/C13H24N2O2/c1-11(9-14-13(17)8-12(2)16)10-15-6-4-3-5-7-15/h11H,3-10H2,1-2H3,(H,14,17). The zero-order valence-electron chi connectivity index (χ0n) is 11.0. The molecule has 1 fully saturated rings. The van der Waals surface area contributed by atoms with Crippen LogP contribution in [0.25, 0.3) is 0 Å². The fourth-order valence-electron chi connectivity index (χ4n) is 2.22. The first kappa shape index (κ1) is 14.2. The summed E-state index contributed by atoms with van der Waals surface area (Å²) in [6, 6.07) is 0. The second kappa shape index (κ2) is 7.43. The third-order valence-corrected chi connectivity index (χ3v) is 3.08. The Hall–Kier alpha value is -0.900. The summed E-state index contributed by atoms with van der Waals surface area (Å²) in [7, 11) is 0. The predicted octanol–water partition coefficient (Wildman–Crippen LogP) is 1.20. The Labute approximate surface area is 104 Å². The first-order valence-corrected chi connectivity index (χ1v) is 6.56. The van der Waals surface area contributed by atoms with Gasteiger partial charge in [0.15, 0.2) is 0 Å². The largest absolute Gasteiger partial charge is 0.355 e. The van der Waals surface area contributed by atoms with Crippen molar-refractivity contribution in [2.75, 3.05) is 26.2 Å². The molecular formula is C13H24N2O2. The highest BCUT2D eigenvalue weighted by Gasteiger charge is 2.14. The minimum Gasteiger partial charge on any atom is -0.355 e. The molecule has 0 aliphatic carbocycles. The van der Waals surface area contributed by atoms with Gasteiger partial charge in [0.25, 0.3) is 0 Å². The molecule has 1 aliphatic rings. The van der Waals surface area contributed by atoms with Crippen LogP contribution >= 0.6 is 0 Å². The van der Waals surface area contributed by atoms with Crippen molar-refractivity contribution in [3.63, 3.8) is 0 Å². The van der Waals surface area contributed by atoms with Crippen LogP contribution in [0.15, 0.2) is 0 Å². The van der Waals surface area contributed by atoms with Crippen LogP contribution in [-0.4, -0.2) is 42.8 Å². The van der Waals surface area contributed by atoms with Crippen LogP contribution in [0.4, 0.5) is 0 Å². The summed E-state index contributed by atoms with van der Waals surface area (Å²) in [5.41, 5.74) is 0. The SMILES string of the molecule is CC(=O)CC(=O)NCC(C)CN1CCCCC1. The molecule has 4 nitrogen and oxygen atoms in total. The predicted molar refractivity (Wildman–Crippen MR) is 67.8 cm³/mol. The van der Waals surface area contributed by atoms with Gasteiger partial charge in [-0.3, -0.25) is 9.59 Å². The summed E-state index contributed by atoms with van der Waals surface area (Å²) in [4.78, 5) is 24.5. The summed E-state index contributed by atoms with van der Waals surface area (Å²) in [5, 5.41) is 2.82. The summed E-state index contributed by atoms with van der Waals surface area (Å²) in [5.74, 6) is 0.221. The number of ketones is 1. The Balaban J connectivity index is 2.13. The fraction of sp³-hybridized carbons (Fsp3) is 0.846. The van der Waals surface area contributed by atoms with Gasteiger partial charge in [0, 0.05) is 13.1 Å². The zero-order valence-corrected chi connectivity index (χ0v) is 11.0. The molecule has 0 aromatic heterocycles. The van der Waals surface area contributed by atoms with E-state index in [1.165, 1.54) is 39.3 Å². The van der Waals surface area contributed by atoms with E-state index in [1.807, 2.05) is 0 Å². The monoisotopic (exact) mass is 240 g/mol. The number of likely N-dealkylation sites (tertiary alicyclic amines) is 1. The lowest BCUT2D eigenvalue weighted by molar-refractivity contribution is -0.127. The Morgan fingerprint density at radius 1 is 1.24 bits per heavy atom. The third kappa shape index (κ3) is 6.41. The van der Waals surface area contributed by atoms with E-state index < -0.39 is 0 Å². The summed E-state index contributed by atoms with van der Waals surface area (Å²) in [6.45, 7) is 7.67. The summed E-state index contributed by atoms with van der Waals surface area (Å²) in [6.07, 6.45) is 3.95. The number of rotatable bonds is 6. The Morgan fingerprint density at radius 2 is 1.88 bits per heavy atom. The lowest BCUT2D eigenvalue weighted by Gasteiger charge is -2.29. The number of hydrogen-bond acceptors (Lipinski definition) is 3. The van der Waals surface area contributed by atoms with Crippen molar-refractivity contribution in [3.8, 4) is 0 Å². The molecule has 1 saturated heterocycles. The second-order valence-electron chi connectivity index (χ2n) is 5.15. The number of Topliss-reactive ketones (excluding diaryl/α,β-unsaturated/α-hetero) is 1. The number of amides is 1. The Morgan fingerprint density at radius 3 is 2.47 bits per heavy atom. The molecule has 0 spiro atoms. The Kier molecular flexibility index (Phi) is 6.19. The van der Waals surface area contributed by atoms with Crippen molar-refractivity contribution in [1.29, 1.82) is 0 Å². The van der Waals surface area contributed by atoms with Crippen molar-refractivity contribution in [2.24, 2.45) is 5.92 Å². The van der Waals surface area contributed by atoms with Crippen LogP contribution in [0.1, 0.15) is 39.5 Å². The van der Waals surface area contributed by atoms with E-state index in [9.17, 15) is 9.59 Å². The number of carbonyl (C=O) groups is 2. The Bertz CT molecular complexity index is 260. The van der Waals surface area contributed by atoms with Gasteiger partial charge in [0.2, 0.25) is 5.91 Å². The highest BCUT2D eigenvalue weighted by atomic mass is 16.2. The maximum absolute atomic E-state index is 11.3. The van der Waals surface area contributed by atoms with Crippen LogP contribution in [0, 0.1) is 5.92 Å². The van der Waals surface area contributed by atoms with Gasteiger partial charge in [0.05, 0.1) is 6.42 Å². The molecule has 98 valence electrons. The first-order valence-electron chi connectivity index (χ1n) is 6.56. The van der Waals surface area contributed by atoms with Crippen LogP contribution in [0.2, 0.25) is 0 Å². The van der Waals surface area contributed by atoms with Crippen LogP contribution in [-0.2, 0) is 9.59 Å². The quantitative estimate of drug-likeness (QED) is 0.710. The first-order chi connectivity index (χ1) is 8.08. The van der Waals surface area contributed by atoms with Gasteiger partial charge in [-0.25, -0.2) is 0 Å². The zero-order chi connectivity index (χ0) is 12.7. The molecule has 0 aromatic rings. The van der Waals surface area contributed by atoms with Gasteiger partial charge in [-0.05, 0) is 38.8 Å². The third-order valence-electron chi connectivity index (χ3n) is 3.08. The van der Waals surface area contributed by atoms with Crippen molar-refractivity contribution in [3.05, 3.63) is 0 Å². The van der Waals surface area contributed by atoms with E-state index in [1.54, 1.807) is 0 Å². The molecule has 1 rings (SSSR count). The minimum atomic E-state index is -0.150. The molecule has 4 heteroatoms. The van der Waals surface area contributed by atoms with E-state index >= 15 is 0 Å². The van der Waals surface area contributed by atoms with Crippen LogP contribution in [0.3, 0.4) is 0 Å². The van der Waals surface area contributed by atoms with Gasteiger partial charge in [-0.2, -0.15) is 0 Å². The molecule has 1 heterocycles. The average molecular weight is 240 g/mol. The van der Waals surface area contributed by atoms with E-state index in [4.69, 9.17) is 0 Å². The molecular weight excluding hydrogens is 216 g/mol. The number of nitrogens with one attached hydrogen (secondary N) is 1. The number of nitrogens with zero attached hydrogens (tertiary/aromatic N) is 1. The van der Waals surface area contributed by atoms with Crippen molar-refractivity contribution in [2.45, 2.75) is 39.5 Å². The number of piperidine rings is 1. The van der Waals surface area contributed by atoms with Crippen LogP contribution < -0.4 is 5.32 Å². The molecule has 1 amide bonds. The molecule has 0 radical (unpaired) electrons. The maximum Gasteiger partial charge on any atom is 0.227 e. The highest BCUT2D eigenvalue weighted by Crippen LogP contribution is 2.10. The topological polar surface area (TPSA) is 49.4 Å². The van der Waals surface area contributed by atoms with Crippen molar-refractivity contribution >= 4 is 11.7 Å². The summed E-state index contributed by atoms with van der Waals surface area (Å²) < 4.78 is 0. The smallest absolute Gasteiger partial charge is 0.227 e. The van der Waals surface area contributed by atoms with E-state index in [0.29, 0.717) is 12.5 Å². The molecule has 17 heavy (non-hydrogen) atoms. The normalized spacial score (nSPS) is 18.7. The van der Waals surface area contributed by atoms with E-state index in [-0.39, 0.29) is 18.1 Å². The lowest BCUT2D eigenvalue weighted by Crippen LogP contribution is -2.38. The highest BCUT2D eigenvalue weighted by molar-refractivity contribution is 5.96. The van der Waals surface area contributed by atoms with Crippen molar-refractivity contribution in [1.82, 2.24) is 10.2 Å². The fourth-order valence-corrected chi connectivity index (χ4v) is 2.22. The molecule has 1 aliphatic heterocycles. The van der Waals surface area contributed by atoms with E-state index in [2.05, 4.69) is 17.1 Å². The second-order valence-corrected chi connectivity index (χ2v) is 5.15. The van der Waals surface area contributed by atoms with Gasteiger partial charge in [-0.15, -0.1) is 0 Å². The molecule has 0 aromatic carbocycles. The van der Waals surface area contributed by atoms with E-state index in [0.717, 1.165) is 6.54 Å². The molecule has 1 atom stereocenters. The van der Waals surface area contributed by atoms with Gasteiger partial charge in [0.1, 0.15) is 5.78 Å². The minimum absolute atomic E-state index is 0.0104. The van der Waals surface area contributed by atoms with Gasteiger partial charge < -0.3 is 10.2 Å². The number of hydrogen-bond donors (Lipinski definition) is 1. The maximum atomic E-state index is 11.3. The average Bonchev–Trinajstić information content (AvgIpc) is 2.27. The molecule has 0 saturated carbocycles. The van der Waals surface area contributed by atoms with Crippen LogP contribution in [0.5, 0.6) is 0 Å². The molecule has 1 N–H and O–H groups in total. The van der Waals surface area contributed by atoms with Gasteiger partial charge >= 0.3 is 0 Å². The summed E-state index contributed by atoms with van der Waals surface area (Å²) >= 11 is 0. The molecule has 1 unspecified atom stereocenters. The lowest BCUT2D eigenvalue weighted by atomic mass is 10.1. The van der Waals surface area contributed by atoms with Crippen molar-refractivity contribution < 1.29 is 9.59 Å². The molecule has 0 bridgehead atoms. The number of carbonyl (C=O) groups excluding carboxylic acids is 2. The van der Waals surface area contributed by atoms with Gasteiger partial charge in [-0.1, -0.05) is 13.3 Å².